The Bertz CT molecular complexity index is 1180. The first-order valence-corrected chi connectivity index (χ1v) is 11.5. The van der Waals surface area contributed by atoms with Crippen LogP contribution in [-0.4, -0.2) is 51.8 Å². The number of benzene rings is 2. The highest BCUT2D eigenvalue weighted by atomic mass is 16.5. The standard InChI is InChI=1S/C26H28N4O3/c1-17-15-29(16-18(2)33-17)26(32)20-11-6-7-13-22(20)27-25(31)24-21-12-8-14-23(21)30(28-24)19-9-4-3-5-10-19/h3-7,9-11,13,17-18H,8,12,14-16H2,1-2H3,(H,27,31). The fourth-order valence-electron chi connectivity index (χ4n) is 4.88. The Morgan fingerprint density at radius 2 is 1.67 bits per heavy atom. The number of morpholine rings is 1. The first-order chi connectivity index (χ1) is 16.0. The van der Waals surface area contributed by atoms with Crippen molar-refractivity contribution in [2.24, 2.45) is 0 Å². The number of carbonyl (C=O) groups excluding carboxylic acids is 2. The van der Waals surface area contributed by atoms with E-state index in [1.54, 1.807) is 17.0 Å². The molecule has 2 atom stereocenters. The summed E-state index contributed by atoms with van der Waals surface area (Å²) in [6.45, 7) is 4.99. The van der Waals surface area contributed by atoms with Gasteiger partial charge >= 0.3 is 0 Å². The highest BCUT2D eigenvalue weighted by Crippen LogP contribution is 2.29. The van der Waals surface area contributed by atoms with Crippen molar-refractivity contribution in [3.05, 3.63) is 77.1 Å². The van der Waals surface area contributed by atoms with Crippen LogP contribution in [0.3, 0.4) is 0 Å². The molecular formula is C26H28N4O3. The summed E-state index contributed by atoms with van der Waals surface area (Å²) < 4.78 is 7.64. The van der Waals surface area contributed by atoms with E-state index in [0.29, 0.717) is 30.0 Å². The quantitative estimate of drug-likeness (QED) is 0.663. The number of rotatable bonds is 4. The van der Waals surface area contributed by atoms with E-state index >= 15 is 0 Å². The normalized spacial score (nSPS) is 19.9. The molecule has 5 rings (SSSR count). The van der Waals surface area contributed by atoms with Crippen LogP contribution in [0, 0.1) is 0 Å². The Labute approximate surface area is 193 Å². The van der Waals surface area contributed by atoms with Crippen molar-refractivity contribution in [1.82, 2.24) is 14.7 Å². The van der Waals surface area contributed by atoms with Gasteiger partial charge in [0.2, 0.25) is 0 Å². The first-order valence-electron chi connectivity index (χ1n) is 11.5. The fraction of sp³-hybridized carbons (Fsp3) is 0.346. The van der Waals surface area contributed by atoms with Gasteiger partial charge in [0.25, 0.3) is 11.8 Å². The number of hydrogen-bond acceptors (Lipinski definition) is 4. The highest BCUT2D eigenvalue weighted by Gasteiger charge is 2.30. The van der Waals surface area contributed by atoms with Gasteiger partial charge in [-0.1, -0.05) is 30.3 Å². The summed E-state index contributed by atoms with van der Waals surface area (Å²) >= 11 is 0. The SMILES string of the molecule is CC1CN(C(=O)c2ccccc2NC(=O)c2nn(-c3ccccc3)c3c2CCC3)CC(C)O1. The van der Waals surface area contributed by atoms with Crippen molar-refractivity contribution in [2.45, 2.75) is 45.3 Å². The second kappa shape index (κ2) is 8.83. The number of fused-ring (bicyclic) bond motifs is 1. The number of nitrogens with one attached hydrogen (secondary N) is 1. The van der Waals surface area contributed by atoms with Crippen molar-refractivity contribution in [1.29, 1.82) is 0 Å². The molecule has 2 unspecified atom stereocenters. The molecule has 7 nitrogen and oxygen atoms in total. The van der Waals surface area contributed by atoms with E-state index in [1.807, 2.05) is 61.0 Å². The van der Waals surface area contributed by atoms with Gasteiger partial charge in [0, 0.05) is 24.3 Å². The van der Waals surface area contributed by atoms with Crippen molar-refractivity contribution >= 4 is 17.5 Å². The molecule has 3 aromatic rings. The van der Waals surface area contributed by atoms with Crippen molar-refractivity contribution < 1.29 is 14.3 Å². The summed E-state index contributed by atoms with van der Waals surface area (Å²) in [5, 5.41) is 7.65. The maximum Gasteiger partial charge on any atom is 0.276 e. The molecule has 1 saturated heterocycles. The summed E-state index contributed by atoms with van der Waals surface area (Å²) in [4.78, 5) is 28.4. The summed E-state index contributed by atoms with van der Waals surface area (Å²) in [6.07, 6.45) is 2.68. The largest absolute Gasteiger partial charge is 0.372 e. The zero-order chi connectivity index (χ0) is 22.9. The van der Waals surface area contributed by atoms with Crippen molar-refractivity contribution in [3.63, 3.8) is 0 Å². The third-order valence-electron chi connectivity index (χ3n) is 6.26. The smallest absolute Gasteiger partial charge is 0.276 e. The molecule has 7 heteroatoms. The monoisotopic (exact) mass is 444 g/mol. The molecule has 33 heavy (non-hydrogen) atoms. The number of hydrogen-bond donors (Lipinski definition) is 1. The summed E-state index contributed by atoms with van der Waals surface area (Å²) in [5.74, 6) is -0.389. The van der Waals surface area contributed by atoms with Crippen LogP contribution >= 0.6 is 0 Å². The molecule has 0 bridgehead atoms. The van der Waals surface area contributed by atoms with Crippen molar-refractivity contribution in [3.8, 4) is 5.69 Å². The van der Waals surface area contributed by atoms with Crippen LogP contribution in [0.15, 0.2) is 54.6 Å². The number of aromatic nitrogens is 2. The van der Waals surface area contributed by atoms with Gasteiger partial charge < -0.3 is 15.0 Å². The molecular weight excluding hydrogens is 416 g/mol. The number of anilines is 1. The minimum atomic E-state index is -0.285. The summed E-state index contributed by atoms with van der Waals surface area (Å²) in [7, 11) is 0. The number of carbonyl (C=O) groups is 2. The van der Waals surface area contributed by atoms with Gasteiger partial charge in [0.15, 0.2) is 5.69 Å². The molecule has 1 aliphatic carbocycles. The van der Waals surface area contributed by atoms with Gasteiger partial charge in [-0.15, -0.1) is 0 Å². The second-order valence-corrected chi connectivity index (χ2v) is 8.84. The lowest BCUT2D eigenvalue weighted by Crippen LogP contribution is -2.48. The highest BCUT2D eigenvalue weighted by molar-refractivity contribution is 6.09. The summed E-state index contributed by atoms with van der Waals surface area (Å²) in [5.41, 5.74) is 4.44. The predicted octanol–water partition coefficient (Wildman–Crippen LogP) is 3.86. The third kappa shape index (κ3) is 4.16. The second-order valence-electron chi connectivity index (χ2n) is 8.84. The first kappa shape index (κ1) is 21.4. The third-order valence-corrected chi connectivity index (χ3v) is 6.26. The molecule has 1 N–H and O–H groups in total. The van der Waals surface area contributed by atoms with Crippen LogP contribution in [0.2, 0.25) is 0 Å². The van der Waals surface area contributed by atoms with E-state index in [-0.39, 0.29) is 24.0 Å². The molecule has 0 radical (unpaired) electrons. The van der Waals surface area contributed by atoms with Crippen LogP contribution in [0.25, 0.3) is 5.69 Å². The van der Waals surface area contributed by atoms with E-state index in [4.69, 9.17) is 4.74 Å². The van der Waals surface area contributed by atoms with Gasteiger partial charge in [0.05, 0.1) is 29.1 Å². The number of ether oxygens (including phenoxy) is 1. The Hall–Kier alpha value is -3.45. The minimum absolute atomic E-state index is 0.0241. The van der Waals surface area contributed by atoms with Crippen LogP contribution < -0.4 is 5.32 Å². The lowest BCUT2D eigenvalue weighted by molar-refractivity contribution is -0.0585. The van der Waals surface area contributed by atoms with E-state index < -0.39 is 0 Å². The zero-order valence-corrected chi connectivity index (χ0v) is 19.0. The minimum Gasteiger partial charge on any atom is -0.372 e. The number of amides is 2. The van der Waals surface area contributed by atoms with Gasteiger partial charge in [0.1, 0.15) is 0 Å². The Morgan fingerprint density at radius 3 is 2.42 bits per heavy atom. The lowest BCUT2D eigenvalue weighted by Gasteiger charge is -2.35. The summed E-state index contributed by atoms with van der Waals surface area (Å²) in [6, 6.07) is 17.0. The van der Waals surface area contributed by atoms with Crippen LogP contribution in [0.1, 0.15) is 52.4 Å². The molecule has 0 saturated carbocycles. The molecule has 1 aromatic heterocycles. The molecule has 1 fully saturated rings. The van der Waals surface area contributed by atoms with Gasteiger partial charge in [-0.2, -0.15) is 5.10 Å². The molecule has 1 aliphatic heterocycles. The predicted molar refractivity (Wildman–Crippen MR) is 126 cm³/mol. The van der Waals surface area contributed by atoms with Crippen LogP contribution in [0.5, 0.6) is 0 Å². The van der Waals surface area contributed by atoms with Gasteiger partial charge in [-0.05, 0) is 57.4 Å². The number of para-hydroxylation sites is 2. The fourth-order valence-corrected chi connectivity index (χ4v) is 4.88. The number of nitrogens with zero attached hydrogens (tertiary/aromatic N) is 3. The van der Waals surface area contributed by atoms with Gasteiger partial charge in [-0.25, -0.2) is 4.68 Å². The molecule has 0 spiro atoms. The lowest BCUT2D eigenvalue weighted by atomic mass is 10.1. The van der Waals surface area contributed by atoms with Crippen LogP contribution in [-0.2, 0) is 17.6 Å². The maximum atomic E-state index is 13.3. The van der Waals surface area contributed by atoms with E-state index in [9.17, 15) is 9.59 Å². The molecule has 2 heterocycles. The topological polar surface area (TPSA) is 76.5 Å². The van der Waals surface area contributed by atoms with Gasteiger partial charge in [-0.3, -0.25) is 9.59 Å². The van der Waals surface area contributed by atoms with E-state index in [2.05, 4.69) is 10.4 Å². The molecule has 2 aliphatic rings. The molecule has 170 valence electrons. The average Bonchev–Trinajstić information content (AvgIpc) is 3.42. The molecule has 2 aromatic carbocycles. The Balaban J connectivity index is 1.42. The van der Waals surface area contributed by atoms with E-state index in [0.717, 1.165) is 36.2 Å². The zero-order valence-electron chi connectivity index (χ0n) is 19.0. The molecule has 2 amide bonds. The Morgan fingerprint density at radius 1 is 0.970 bits per heavy atom. The average molecular weight is 445 g/mol. The van der Waals surface area contributed by atoms with Crippen LogP contribution in [0.4, 0.5) is 5.69 Å². The van der Waals surface area contributed by atoms with E-state index in [1.165, 1.54) is 0 Å². The van der Waals surface area contributed by atoms with Crippen molar-refractivity contribution in [2.75, 3.05) is 18.4 Å². The Kier molecular flexibility index (Phi) is 5.72. The maximum absolute atomic E-state index is 13.3.